The Balaban J connectivity index is 2.32. The van der Waals surface area contributed by atoms with Gasteiger partial charge in [0.2, 0.25) is 0 Å². The molecule has 4 nitrogen and oxygen atoms in total. The lowest BCUT2D eigenvalue weighted by Crippen LogP contribution is -2.15. The fourth-order valence-electron chi connectivity index (χ4n) is 1.59. The van der Waals surface area contributed by atoms with Gasteiger partial charge in [-0.15, -0.1) is 0 Å². The van der Waals surface area contributed by atoms with Crippen LogP contribution < -0.4 is 5.32 Å². The Labute approximate surface area is 118 Å². The van der Waals surface area contributed by atoms with Crippen LogP contribution in [0.3, 0.4) is 0 Å². The van der Waals surface area contributed by atoms with Crippen LogP contribution in [-0.2, 0) is 0 Å². The molecule has 19 heavy (non-hydrogen) atoms. The summed E-state index contributed by atoms with van der Waals surface area (Å²) in [4.78, 5) is 23.1. The third kappa shape index (κ3) is 2.94. The molecule has 1 amide bonds. The van der Waals surface area contributed by atoms with Gasteiger partial charge in [0.15, 0.2) is 0 Å². The van der Waals surface area contributed by atoms with Crippen molar-refractivity contribution in [3.8, 4) is 0 Å². The maximum Gasteiger partial charge on any atom is 0.337 e. The smallest absolute Gasteiger partial charge is 0.337 e. The number of carbonyl (C=O) groups excluding carboxylic acids is 1. The fourth-order valence-corrected chi connectivity index (χ4v) is 2.59. The minimum atomic E-state index is -1.14. The van der Waals surface area contributed by atoms with Crippen LogP contribution in [0, 0.1) is 6.92 Å². The van der Waals surface area contributed by atoms with E-state index in [1.807, 2.05) is 12.3 Å². The second-order valence-corrected chi connectivity index (χ2v) is 5.10. The second kappa shape index (κ2) is 5.42. The SMILES string of the molecule is Cc1cscc1C(=O)Nc1ccc(Cl)cc1C(=O)O. The van der Waals surface area contributed by atoms with Crippen LogP contribution in [0.15, 0.2) is 29.0 Å². The Hall–Kier alpha value is -1.85. The number of thiophene rings is 1. The number of amides is 1. The molecule has 0 radical (unpaired) electrons. The van der Waals surface area contributed by atoms with Crippen molar-refractivity contribution in [1.82, 2.24) is 0 Å². The van der Waals surface area contributed by atoms with Crippen molar-refractivity contribution in [2.24, 2.45) is 0 Å². The van der Waals surface area contributed by atoms with E-state index in [4.69, 9.17) is 16.7 Å². The number of carbonyl (C=O) groups is 2. The first-order valence-corrected chi connectivity index (χ1v) is 6.68. The zero-order valence-electron chi connectivity index (χ0n) is 9.94. The molecule has 0 aliphatic carbocycles. The molecule has 1 aromatic heterocycles. The number of halogens is 1. The van der Waals surface area contributed by atoms with Gasteiger partial charge < -0.3 is 10.4 Å². The van der Waals surface area contributed by atoms with Gasteiger partial charge in [0.1, 0.15) is 0 Å². The quantitative estimate of drug-likeness (QED) is 0.908. The topological polar surface area (TPSA) is 66.4 Å². The number of hydrogen-bond acceptors (Lipinski definition) is 3. The zero-order valence-corrected chi connectivity index (χ0v) is 11.5. The number of anilines is 1. The molecule has 1 aromatic carbocycles. The monoisotopic (exact) mass is 295 g/mol. The number of carboxylic acids is 1. The average molecular weight is 296 g/mol. The van der Waals surface area contributed by atoms with Gasteiger partial charge in [-0.05, 0) is 36.1 Å². The Morgan fingerprint density at radius 3 is 2.58 bits per heavy atom. The molecule has 2 N–H and O–H groups in total. The highest BCUT2D eigenvalue weighted by Gasteiger charge is 2.15. The molecule has 2 aromatic rings. The third-order valence-electron chi connectivity index (χ3n) is 2.56. The first-order chi connectivity index (χ1) is 8.99. The van der Waals surface area contributed by atoms with E-state index in [2.05, 4.69) is 5.32 Å². The highest BCUT2D eigenvalue weighted by Crippen LogP contribution is 2.22. The van der Waals surface area contributed by atoms with Crippen LogP contribution >= 0.6 is 22.9 Å². The maximum absolute atomic E-state index is 12.0. The first kappa shape index (κ1) is 13.6. The standard InChI is InChI=1S/C13H10ClNO3S/c1-7-5-19-6-10(7)12(16)15-11-3-2-8(14)4-9(11)13(17)18/h2-6H,1H3,(H,15,16)(H,17,18). The summed E-state index contributed by atoms with van der Waals surface area (Å²) in [6.07, 6.45) is 0. The highest BCUT2D eigenvalue weighted by molar-refractivity contribution is 7.08. The summed E-state index contributed by atoms with van der Waals surface area (Å²) in [6, 6.07) is 4.31. The summed E-state index contributed by atoms with van der Waals surface area (Å²) in [5.41, 5.74) is 1.59. The number of hydrogen-bond donors (Lipinski definition) is 2. The van der Waals surface area contributed by atoms with Crippen molar-refractivity contribution in [2.45, 2.75) is 6.92 Å². The molecule has 0 aliphatic rings. The predicted molar refractivity (Wildman–Crippen MR) is 75.4 cm³/mol. The van der Waals surface area contributed by atoms with E-state index in [0.29, 0.717) is 10.6 Å². The van der Waals surface area contributed by atoms with Crippen LogP contribution in [0.1, 0.15) is 26.3 Å². The number of aromatic carboxylic acids is 1. The molecule has 0 saturated carbocycles. The van der Waals surface area contributed by atoms with Crippen LogP contribution in [0.2, 0.25) is 5.02 Å². The van der Waals surface area contributed by atoms with Crippen molar-refractivity contribution >= 4 is 40.5 Å². The van der Waals surface area contributed by atoms with E-state index in [0.717, 1.165) is 5.56 Å². The minimum absolute atomic E-state index is 0.0336. The van der Waals surface area contributed by atoms with Gasteiger partial charge in [-0.25, -0.2) is 4.79 Å². The maximum atomic E-state index is 12.0. The van der Waals surface area contributed by atoms with Crippen LogP contribution in [0.4, 0.5) is 5.69 Å². The van der Waals surface area contributed by atoms with E-state index in [-0.39, 0.29) is 17.2 Å². The first-order valence-electron chi connectivity index (χ1n) is 5.36. The summed E-state index contributed by atoms with van der Waals surface area (Å²) in [5, 5.41) is 15.6. The van der Waals surface area contributed by atoms with Gasteiger partial charge in [-0.1, -0.05) is 11.6 Å². The Kier molecular flexibility index (Phi) is 3.87. The molecule has 1 heterocycles. The third-order valence-corrected chi connectivity index (χ3v) is 3.66. The molecular weight excluding hydrogens is 286 g/mol. The Morgan fingerprint density at radius 2 is 2.00 bits per heavy atom. The molecule has 0 fully saturated rings. The van der Waals surface area contributed by atoms with Crippen molar-refractivity contribution < 1.29 is 14.7 Å². The van der Waals surface area contributed by atoms with Crippen LogP contribution in [-0.4, -0.2) is 17.0 Å². The van der Waals surface area contributed by atoms with E-state index in [1.54, 1.807) is 5.38 Å². The van der Waals surface area contributed by atoms with E-state index >= 15 is 0 Å². The van der Waals surface area contributed by atoms with Gasteiger partial charge in [-0.2, -0.15) is 11.3 Å². The molecular formula is C13H10ClNO3S. The fraction of sp³-hybridized carbons (Fsp3) is 0.0769. The van der Waals surface area contributed by atoms with Gasteiger partial charge in [0, 0.05) is 10.4 Å². The summed E-state index contributed by atoms with van der Waals surface area (Å²) in [6.45, 7) is 1.82. The molecule has 0 spiro atoms. The molecule has 0 bridgehead atoms. The number of aryl methyl sites for hydroxylation is 1. The summed E-state index contributed by atoms with van der Waals surface area (Å²) < 4.78 is 0. The Bertz CT molecular complexity index is 651. The van der Waals surface area contributed by atoms with Gasteiger partial charge in [0.25, 0.3) is 5.91 Å². The number of benzene rings is 1. The lowest BCUT2D eigenvalue weighted by molar-refractivity contribution is 0.0698. The second-order valence-electron chi connectivity index (χ2n) is 3.92. The molecule has 0 atom stereocenters. The average Bonchev–Trinajstić information content (AvgIpc) is 2.77. The molecule has 6 heteroatoms. The van der Waals surface area contributed by atoms with Crippen molar-refractivity contribution in [3.05, 3.63) is 50.7 Å². The lowest BCUT2D eigenvalue weighted by atomic mass is 10.1. The molecule has 0 unspecified atom stereocenters. The van der Waals surface area contributed by atoms with E-state index < -0.39 is 5.97 Å². The molecule has 0 aliphatic heterocycles. The minimum Gasteiger partial charge on any atom is -0.478 e. The van der Waals surface area contributed by atoms with Crippen molar-refractivity contribution in [2.75, 3.05) is 5.32 Å². The molecule has 2 rings (SSSR count). The predicted octanol–water partition coefficient (Wildman–Crippen LogP) is 3.66. The van der Waals surface area contributed by atoms with Gasteiger partial charge in [0.05, 0.1) is 16.8 Å². The van der Waals surface area contributed by atoms with Gasteiger partial charge >= 0.3 is 5.97 Å². The lowest BCUT2D eigenvalue weighted by Gasteiger charge is -2.08. The van der Waals surface area contributed by atoms with Crippen molar-refractivity contribution in [1.29, 1.82) is 0 Å². The number of carboxylic acid groups (broad SMARTS) is 1. The normalized spacial score (nSPS) is 10.2. The van der Waals surface area contributed by atoms with Gasteiger partial charge in [-0.3, -0.25) is 4.79 Å². The summed E-state index contributed by atoms with van der Waals surface area (Å²) >= 11 is 7.17. The highest BCUT2D eigenvalue weighted by atomic mass is 35.5. The number of nitrogens with one attached hydrogen (secondary N) is 1. The summed E-state index contributed by atoms with van der Waals surface area (Å²) in [5.74, 6) is -1.47. The molecule has 0 saturated heterocycles. The van der Waals surface area contributed by atoms with Crippen LogP contribution in [0.5, 0.6) is 0 Å². The van der Waals surface area contributed by atoms with E-state index in [1.165, 1.54) is 29.5 Å². The van der Waals surface area contributed by atoms with Crippen LogP contribution in [0.25, 0.3) is 0 Å². The van der Waals surface area contributed by atoms with Crippen molar-refractivity contribution in [3.63, 3.8) is 0 Å². The zero-order chi connectivity index (χ0) is 14.0. The largest absolute Gasteiger partial charge is 0.478 e. The summed E-state index contributed by atoms with van der Waals surface area (Å²) in [7, 11) is 0. The number of rotatable bonds is 3. The Morgan fingerprint density at radius 1 is 1.26 bits per heavy atom. The van der Waals surface area contributed by atoms with E-state index in [9.17, 15) is 9.59 Å². The molecule has 98 valence electrons.